The van der Waals surface area contributed by atoms with Crippen LogP contribution in [0.5, 0.6) is 0 Å². The lowest BCUT2D eigenvalue weighted by Gasteiger charge is -2.25. The molecule has 0 saturated heterocycles. The molecular formula is C12H23N3OS. The summed E-state index contributed by atoms with van der Waals surface area (Å²) in [5.74, 6) is 0.0850. The van der Waals surface area contributed by atoms with E-state index >= 15 is 0 Å². The minimum Gasteiger partial charge on any atom is -0.392 e. The molecule has 1 fully saturated rings. The van der Waals surface area contributed by atoms with Crippen LogP contribution in [0.15, 0.2) is 0 Å². The molecule has 1 rings (SSSR count). The van der Waals surface area contributed by atoms with Gasteiger partial charge in [-0.2, -0.15) is 0 Å². The molecule has 1 aliphatic carbocycles. The van der Waals surface area contributed by atoms with Gasteiger partial charge in [-0.25, -0.2) is 0 Å². The lowest BCUT2D eigenvalue weighted by Crippen LogP contribution is -2.46. The van der Waals surface area contributed by atoms with Crippen LogP contribution in [0, 0.1) is 0 Å². The van der Waals surface area contributed by atoms with Crippen molar-refractivity contribution in [1.82, 2.24) is 10.2 Å². The van der Waals surface area contributed by atoms with Gasteiger partial charge in [0, 0.05) is 18.6 Å². The van der Waals surface area contributed by atoms with Crippen LogP contribution in [0.25, 0.3) is 0 Å². The van der Waals surface area contributed by atoms with Crippen molar-refractivity contribution in [3.05, 3.63) is 0 Å². The van der Waals surface area contributed by atoms with Crippen LogP contribution in [0.2, 0.25) is 0 Å². The number of carbonyl (C=O) groups is 1. The van der Waals surface area contributed by atoms with E-state index in [0.29, 0.717) is 24.1 Å². The molecule has 0 atom stereocenters. The first-order valence-electron chi connectivity index (χ1n) is 6.30. The average molecular weight is 257 g/mol. The van der Waals surface area contributed by atoms with E-state index in [-0.39, 0.29) is 11.9 Å². The van der Waals surface area contributed by atoms with Crippen LogP contribution >= 0.6 is 12.2 Å². The Morgan fingerprint density at radius 3 is 2.47 bits per heavy atom. The van der Waals surface area contributed by atoms with E-state index < -0.39 is 0 Å². The van der Waals surface area contributed by atoms with E-state index in [4.69, 9.17) is 18.0 Å². The maximum atomic E-state index is 11.9. The molecule has 17 heavy (non-hydrogen) atoms. The van der Waals surface area contributed by atoms with Crippen molar-refractivity contribution in [3.8, 4) is 0 Å². The number of nitrogens with two attached hydrogens (primary N) is 1. The zero-order valence-corrected chi connectivity index (χ0v) is 11.6. The molecule has 4 nitrogen and oxygen atoms in total. The first-order chi connectivity index (χ1) is 7.99. The molecule has 0 heterocycles. The van der Waals surface area contributed by atoms with Gasteiger partial charge in [-0.15, -0.1) is 0 Å². The summed E-state index contributed by atoms with van der Waals surface area (Å²) in [4.78, 5) is 14.3. The smallest absolute Gasteiger partial charge is 0.234 e. The fraction of sp³-hybridized carbons (Fsp3) is 0.833. The number of amides is 1. The Bertz CT molecular complexity index is 275. The van der Waals surface area contributed by atoms with Gasteiger partial charge in [-0.3, -0.25) is 9.69 Å². The Hall–Kier alpha value is -0.680. The van der Waals surface area contributed by atoms with E-state index in [0.717, 1.165) is 12.8 Å². The van der Waals surface area contributed by atoms with Crippen molar-refractivity contribution in [2.45, 2.75) is 51.6 Å². The lowest BCUT2D eigenvalue weighted by atomic mass is 10.2. The maximum absolute atomic E-state index is 11.9. The number of nitrogens with one attached hydrogen (secondary N) is 1. The van der Waals surface area contributed by atoms with E-state index in [1.165, 1.54) is 12.8 Å². The topological polar surface area (TPSA) is 58.4 Å². The first kappa shape index (κ1) is 14.4. The summed E-state index contributed by atoms with van der Waals surface area (Å²) in [6.07, 6.45) is 4.68. The van der Waals surface area contributed by atoms with Gasteiger partial charge in [0.25, 0.3) is 0 Å². The second kappa shape index (κ2) is 6.91. The zero-order chi connectivity index (χ0) is 12.8. The van der Waals surface area contributed by atoms with Gasteiger partial charge in [-0.05, 0) is 26.7 Å². The SMILES string of the molecule is CC(C)N(CC(=O)NC1CCCC1)CC(N)=S. The molecule has 0 radical (unpaired) electrons. The molecule has 0 bridgehead atoms. The van der Waals surface area contributed by atoms with Crippen LogP contribution in [0.4, 0.5) is 0 Å². The third-order valence-corrected chi connectivity index (χ3v) is 3.29. The van der Waals surface area contributed by atoms with Gasteiger partial charge in [0.2, 0.25) is 5.91 Å². The molecule has 0 aromatic carbocycles. The lowest BCUT2D eigenvalue weighted by molar-refractivity contribution is -0.123. The summed E-state index contributed by atoms with van der Waals surface area (Å²) < 4.78 is 0. The standard InChI is InChI=1S/C12H23N3OS/c1-9(2)15(7-11(13)17)8-12(16)14-10-5-3-4-6-10/h9-10H,3-8H2,1-2H3,(H2,13,17)(H,14,16). The molecule has 0 aromatic rings. The van der Waals surface area contributed by atoms with Crippen LogP contribution in [-0.2, 0) is 4.79 Å². The Morgan fingerprint density at radius 2 is 2.00 bits per heavy atom. The van der Waals surface area contributed by atoms with Crippen molar-refractivity contribution < 1.29 is 4.79 Å². The largest absolute Gasteiger partial charge is 0.392 e. The fourth-order valence-electron chi connectivity index (χ4n) is 2.15. The van der Waals surface area contributed by atoms with Gasteiger partial charge in [0.15, 0.2) is 0 Å². The maximum Gasteiger partial charge on any atom is 0.234 e. The molecule has 1 saturated carbocycles. The number of rotatable bonds is 6. The molecule has 0 aromatic heterocycles. The predicted octanol–water partition coefficient (Wildman–Crippen LogP) is 1.04. The van der Waals surface area contributed by atoms with Gasteiger partial charge >= 0.3 is 0 Å². The monoisotopic (exact) mass is 257 g/mol. The van der Waals surface area contributed by atoms with Crippen LogP contribution in [-0.4, -0.2) is 41.0 Å². The second-order valence-electron chi connectivity index (χ2n) is 5.01. The zero-order valence-electron chi connectivity index (χ0n) is 10.7. The Morgan fingerprint density at radius 1 is 1.41 bits per heavy atom. The molecule has 0 spiro atoms. The summed E-state index contributed by atoms with van der Waals surface area (Å²) in [6.45, 7) is 4.97. The quantitative estimate of drug-likeness (QED) is 0.698. The number of thiocarbonyl (C=S) groups is 1. The number of hydrogen-bond acceptors (Lipinski definition) is 3. The van der Waals surface area contributed by atoms with Crippen molar-refractivity contribution in [1.29, 1.82) is 0 Å². The number of carbonyl (C=O) groups excluding carboxylic acids is 1. The highest BCUT2D eigenvalue weighted by Crippen LogP contribution is 2.17. The first-order valence-corrected chi connectivity index (χ1v) is 6.71. The Balaban J connectivity index is 2.37. The minimum atomic E-state index is 0.0850. The number of nitrogens with zero attached hydrogens (tertiary/aromatic N) is 1. The average Bonchev–Trinajstić information content (AvgIpc) is 2.68. The van der Waals surface area contributed by atoms with Gasteiger partial charge in [-0.1, -0.05) is 25.1 Å². The van der Waals surface area contributed by atoms with Crippen LogP contribution in [0.1, 0.15) is 39.5 Å². The fourth-order valence-corrected chi connectivity index (χ4v) is 2.31. The molecule has 0 unspecified atom stereocenters. The van der Waals surface area contributed by atoms with Crippen LogP contribution < -0.4 is 11.1 Å². The summed E-state index contributed by atoms with van der Waals surface area (Å²) >= 11 is 4.89. The molecule has 0 aliphatic heterocycles. The number of hydrogen-bond donors (Lipinski definition) is 2. The van der Waals surface area contributed by atoms with E-state index in [2.05, 4.69) is 5.32 Å². The molecule has 98 valence electrons. The molecular weight excluding hydrogens is 234 g/mol. The third-order valence-electron chi connectivity index (χ3n) is 3.16. The van der Waals surface area contributed by atoms with Crippen molar-refractivity contribution in [2.75, 3.05) is 13.1 Å². The molecule has 1 amide bonds. The highest BCUT2D eigenvalue weighted by molar-refractivity contribution is 7.80. The Kier molecular flexibility index (Phi) is 5.85. The van der Waals surface area contributed by atoms with E-state index in [1.54, 1.807) is 0 Å². The minimum absolute atomic E-state index is 0.0850. The summed E-state index contributed by atoms with van der Waals surface area (Å²) in [5.41, 5.74) is 5.53. The van der Waals surface area contributed by atoms with Crippen molar-refractivity contribution >= 4 is 23.1 Å². The van der Waals surface area contributed by atoms with Crippen molar-refractivity contribution in [3.63, 3.8) is 0 Å². The van der Waals surface area contributed by atoms with Gasteiger partial charge in [0.1, 0.15) is 0 Å². The predicted molar refractivity (Wildman–Crippen MR) is 73.9 cm³/mol. The highest BCUT2D eigenvalue weighted by atomic mass is 32.1. The highest BCUT2D eigenvalue weighted by Gasteiger charge is 2.20. The summed E-state index contributed by atoms with van der Waals surface area (Å²) in [6, 6.07) is 0.646. The summed E-state index contributed by atoms with van der Waals surface area (Å²) in [7, 11) is 0. The normalized spacial score (nSPS) is 16.7. The van der Waals surface area contributed by atoms with E-state index in [9.17, 15) is 4.79 Å². The molecule has 3 N–H and O–H groups in total. The van der Waals surface area contributed by atoms with Crippen molar-refractivity contribution in [2.24, 2.45) is 5.73 Å². The molecule has 1 aliphatic rings. The van der Waals surface area contributed by atoms with Crippen LogP contribution in [0.3, 0.4) is 0 Å². The van der Waals surface area contributed by atoms with Gasteiger partial charge < -0.3 is 11.1 Å². The third kappa shape index (κ3) is 5.46. The Labute approximate surface area is 109 Å². The molecule has 5 heteroatoms. The summed E-state index contributed by atoms with van der Waals surface area (Å²) in [5, 5.41) is 3.07. The second-order valence-corrected chi connectivity index (χ2v) is 5.54. The van der Waals surface area contributed by atoms with Gasteiger partial charge in [0.05, 0.1) is 11.5 Å². The van der Waals surface area contributed by atoms with E-state index in [1.807, 2.05) is 18.7 Å².